The highest BCUT2D eigenvalue weighted by atomic mass is 19.4. The van der Waals surface area contributed by atoms with Gasteiger partial charge < -0.3 is 20.5 Å². The third kappa shape index (κ3) is 5.40. The van der Waals surface area contributed by atoms with Crippen molar-refractivity contribution in [2.45, 2.75) is 37.7 Å². The highest BCUT2D eigenvalue weighted by Gasteiger charge is 2.29. The van der Waals surface area contributed by atoms with E-state index >= 15 is 0 Å². The summed E-state index contributed by atoms with van der Waals surface area (Å²) in [5.41, 5.74) is 0.747. The van der Waals surface area contributed by atoms with Crippen LogP contribution in [0.3, 0.4) is 0 Å². The molecule has 1 aliphatic heterocycles. The van der Waals surface area contributed by atoms with Gasteiger partial charge in [-0.05, 0) is 31.0 Å². The number of amides is 1. The lowest BCUT2D eigenvalue weighted by Crippen LogP contribution is -2.41. The Morgan fingerprint density at radius 1 is 1.43 bits per heavy atom. The van der Waals surface area contributed by atoms with Gasteiger partial charge in [0, 0.05) is 6.54 Å². The average Bonchev–Trinajstić information content (AvgIpc) is 2.91. The highest BCUT2D eigenvalue weighted by Crippen LogP contribution is 2.21. The Morgan fingerprint density at radius 2 is 2.09 bits per heavy atom. The van der Waals surface area contributed by atoms with Gasteiger partial charge in [-0.3, -0.25) is 4.79 Å². The van der Waals surface area contributed by atoms with Crippen molar-refractivity contribution >= 4 is 5.91 Å². The molecule has 1 fully saturated rings. The number of aliphatic hydroxyl groups excluding tert-OH is 1. The van der Waals surface area contributed by atoms with Gasteiger partial charge in [0.25, 0.3) is 0 Å². The maximum atomic E-state index is 12.1. The summed E-state index contributed by atoms with van der Waals surface area (Å²) in [6.07, 6.45) is -4.53. The molecule has 3 atom stereocenters. The summed E-state index contributed by atoms with van der Waals surface area (Å²) in [5.74, 6) is -0.100. The lowest BCUT2D eigenvalue weighted by molar-refractivity contribution is -0.153. The molecule has 2 rings (SSSR count). The predicted molar refractivity (Wildman–Crippen MR) is 77.0 cm³/mol. The van der Waals surface area contributed by atoms with Crippen LogP contribution >= 0.6 is 0 Å². The third-order valence-corrected chi connectivity index (χ3v) is 3.57. The second-order valence-electron chi connectivity index (χ2n) is 5.55. The minimum Gasteiger partial charge on any atom is -0.484 e. The van der Waals surface area contributed by atoms with Crippen molar-refractivity contribution in [1.82, 2.24) is 10.6 Å². The number of aliphatic hydroxyl groups is 1. The molecule has 1 aromatic rings. The van der Waals surface area contributed by atoms with E-state index in [0.29, 0.717) is 13.0 Å². The first-order chi connectivity index (χ1) is 10.7. The molecular weight excluding hydrogens is 313 g/mol. The number of β-amino-alcohol motifs (C(OH)–C–C–N with tert-alkyl or cyclic N) is 1. The Hall–Kier alpha value is -1.80. The standard InChI is InChI=1S/C15H19F3N2O3/c1-9(20-14(22)13-6-11(21)7-19-13)10-2-4-12(5-3-10)23-8-15(16,17)18/h2-5,9,11,13,19,21H,6-8H2,1H3,(H,20,22)/t9?,11-,13+/m0/s1. The van der Waals surface area contributed by atoms with Crippen molar-refractivity contribution in [2.75, 3.05) is 13.2 Å². The van der Waals surface area contributed by atoms with Crippen LogP contribution in [0.25, 0.3) is 0 Å². The fourth-order valence-corrected chi connectivity index (χ4v) is 2.33. The normalized spacial score (nSPS) is 22.7. The van der Waals surface area contributed by atoms with Gasteiger partial charge in [-0.25, -0.2) is 0 Å². The van der Waals surface area contributed by atoms with Gasteiger partial charge in [-0.1, -0.05) is 12.1 Å². The molecule has 0 aromatic heterocycles. The van der Waals surface area contributed by atoms with E-state index in [9.17, 15) is 23.1 Å². The van der Waals surface area contributed by atoms with Crippen LogP contribution < -0.4 is 15.4 Å². The number of halogens is 3. The highest BCUT2D eigenvalue weighted by molar-refractivity contribution is 5.82. The molecule has 8 heteroatoms. The molecule has 0 aliphatic carbocycles. The number of benzene rings is 1. The van der Waals surface area contributed by atoms with Crippen LogP contribution in [0.4, 0.5) is 13.2 Å². The van der Waals surface area contributed by atoms with Crippen LogP contribution in [0.1, 0.15) is 24.9 Å². The molecule has 0 spiro atoms. The smallest absolute Gasteiger partial charge is 0.422 e. The molecule has 0 radical (unpaired) electrons. The van der Waals surface area contributed by atoms with Gasteiger partial charge in [0.15, 0.2) is 6.61 Å². The van der Waals surface area contributed by atoms with Crippen LogP contribution in [0, 0.1) is 0 Å². The Labute approximate surface area is 131 Å². The van der Waals surface area contributed by atoms with E-state index in [1.165, 1.54) is 12.1 Å². The predicted octanol–water partition coefficient (Wildman–Crippen LogP) is 1.53. The van der Waals surface area contributed by atoms with E-state index < -0.39 is 24.9 Å². The Bertz CT molecular complexity index is 534. The lowest BCUT2D eigenvalue weighted by atomic mass is 10.1. The zero-order chi connectivity index (χ0) is 17.0. The van der Waals surface area contributed by atoms with Crippen molar-refractivity contribution in [3.05, 3.63) is 29.8 Å². The molecular formula is C15H19F3N2O3. The fourth-order valence-electron chi connectivity index (χ4n) is 2.33. The third-order valence-electron chi connectivity index (χ3n) is 3.57. The number of rotatable bonds is 5. The molecule has 1 heterocycles. The van der Waals surface area contributed by atoms with Gasteiger partial charge in [0.05, 0.1) is 18.2 Å². The summed E-state index contributed by atoms with van der Waals surface area (Å²) >= 11 is 0. The molecule has 128 valence electrons. The van der Waals surface area contributed by atoms with Gasteiger partial charge in [-0.2, -0.15) is 13.2 Å². The van der Waals surface area contributed by atoms with Crippen molar-refractivity contribution in [1.29, 1.82) is 0 Å². The van der Waals surface area contributed by atoms with Crippen molar-refractivity contribution in [3.8, 4) is 5.75 Å². The van der Waals surface area contributed by atoms with Crippen molar-refractivity contribution in [2.24, 2.45) is 0 Å². The number of carbonyl (C=O) groups is 1. The molecule has 1 aliphatic rings. The fraction of sp³-hybridized carbons (Fsp3) is 0.533. The first kappa shape index (κ1) is 17.6. The summed E-state index contributed by atoms with van der Waals surface area (Å²) < 4.78 is 40.8. The van der Waals surface area contributed by atoms with E-state index in [2.05, 4.69) is 15.4 Å². The summed E-state index contributed by atoms with van der Waals surface area (Å²) in [7, 11) is 0. The number of carbonyl (C=O) groups excluding carboxylic acids is 1. The zero-order valence-electron chi connectivity index (χ0n) is 12.6. The van der Waals surface area contributed by atoms with Gasteiger partial charge >= 0.3 is 6.18 Å². The molecule has 1 aromatic carbocycles. The Kier molecular flexibility index (Phi) is 5.48. The zero-order valence-corrected chi connectivity index (χ0v) is 12.6. The number of alkyl halides is 3. The van der Waals surface area contributed by atoms with Crippen LogP contribution in [0.2, 0.25) is 0 Å². The lowest BCUT2D eigenvalue weighted by Gasteiger charge is -2.18. The molecule has 0 bridgehead atoms. The number of hydrogen-bond donors (Lipinski definition) is 3. The summed E-state index contributed by atoms with van der Waals surface area (Å²) in [5, 5.41) is 15.1. The molecule has 3 N–H and O–H groups in total. The molecule has 23 heavy (non-hydrogen) atoms. The van der Waals surface area contributed by atoms with E-state index in [4.69, 9.17) is 0 Å². The second kappa shape index (κ2) is 7.18. The van der Waals surface area contributed by atoms with Crippen LogP contribution in [-0.2, 0) is 4.79 Å². The maximum Gasteiger partial charge on any atom is 0.422 e. The first-order valence-corrected chi connectivity index (χ1v) is 7.26. The van der Waals surface area contributed by atoms with Crippen LogP contribution in [-0.4, -0.2) is 42.5 Å². The van der Waals surface area contributed by atoms with Crippen molar-refractivity contribution in [3.63, 3.8) is 0 Å². The summed E-state index contributed by atoms with van der Waals surface area (Å²) in [4.78, 5) is 12.0. The Balaban J connectivity index is 1.87. The molecule has 1 unspecified atom stereocenters. The minimum atomic E-state index is -4.38. The SMILES string of the molecule is CC(NC(=O)[C@H]1C[C@H](O)CN1)c1ccc(OCC(F)(F)F)cc1. The van der Waals surface area contributed by atoms with E-state index in [0.717, 1.165) is 5.56 Å². The molecule has 1 amide bonds. The molecule has 5 nitrogen and oxygen atoms in total. The first-order valence-electron chi connectivity index (χ1n) is 7.26. The topological polar surface area (TPSA) is 70.6 Å². The number of nitrogens with one attached hydrogen (secondary N) is 2. The second-order valence-corrected chi connectivity index (χ2v) is 5.55. The number of hydrogen-bond acceptors (Lipinski definition) is 4. The van der Waals surface area contributed by atoms with E-state index in [-0.39, 0.29) is 17.7 Å². The Morgan fingerprint density at radius 3 is 2.61 bits per heavy atom. The van der Waals surface area contributed by atoms with Gasteiger partial charge in [-0.15, -0.1) is 0 Å². The van der Waals surface area contributed by atoms with Gasteiger partial charge in [0.2, 0.25) is 5.91 Å². The largest absolute Gasteiger partial charge is 0.484 e. The maximum absolute atomic E-state index is 12.1. The summed E-state index contributed by atoms with van der Waals surface area (Å²) in [6.45, 7) is 0.820. The van der Waals surface area contributed by atoms with Crippen LogP contribution in [0.5, 0.6) is 5.75 Å². The average molecular weight is 332 g/mol. The van der Waals surface area contributed by atoms with E-state index in [1.54, 1.807) is 19.1 Å². The molecule has 0 saturated carbocycles. The monoisotopic (exact) mass is 332 g/mol. The van der Waals surface area contributed by atoms with Crippen LogP contribution in [0.15, 0.2) is 24.3 Å². The van der Waals surface area contributed by atoms with Crippen molar-refractivity contribution < 1.29 is 27.8 Å². The van der Waals surface area contributed by atoms with E-state index in [1.807, 2.05) is 0 Å². The molecule has 1 saturated heterocycles. The quantitative estimate of drug-likeness (QED) is 0.765. The number of ether oxygens (including phenoxy) is 1. The minimum absolute atomic E-state index is 0.116. The van der Waals surface area contributed by atoms with Gasteiger partial charge in [0.1, 0.15) is 5.75 Å². The summed E-state index contributed by atoms with van der Waals surface area (Å²) in [6, 6.07) is 5.34.